The van der Waals surface area contributed by atoms with Crippen LogP contribution in [0, 0.1) is 0 Å². The van der Waals surface area contributed by atoms with Gasteiger partial charge in [-0.05, 0) is 6.42 Å². The SMILES string of the molecule is CCCOP(C)(=O)ON.[NaH].[NaH]. The second-order valence-corrected chi connectivity index (χ2v) is 3.72. The van der Waals surface area contributed by atoms with Gasteiger partial charge in [0.05, 0.1) is 6.61 Å². The first-order chi connectivity index (χ1) is 4.12. The van der Waals surface area contributed by atoms with E-state index in [1.54, 1.807) is 0 Å². The topological polar surface area (TPSA) is 61.5 Å². The molecule has 0 radical (unpaired) electrons. The van der Waals surface area contributed by atoms with E-state index in [0.29, 0.717) is 6.61 Å². The average Bonchev–Trinajstić information content (AvgIpc) is 1.84. The molecule has 0 aromatic rings. The van der Waals surface area contributed by atoms with Crippen LogP contribution in [-0.4, -0.2) is 72.4 Å². The average molecular weight is 201 g/mol. The Labute approximate surface area is 112 Å². The molecule has 0 saturated carbocycles. The van der Waals surface area contributed by atoms with Crippen molar-refractivity contribution in [1.82, 2.24) is 0 Å². The summed E-state index contributed by atoms with van der Waals surface area (Å²) in [6.45, 7) is 3.67. The van der Waals surface area contributed by atoms with Crippen LogP contribution < -0.4 is 5.90 Å². The summed E-state index contributed by atoms with van der Waals surface area (Å²) in [5.41, 5.74) is 0. The quantitative estimate of drug-likeness (QED) is 0.389. The Kier molecular flexibility index (Phi) is 17.4. The zero-order valence-corrected chi connectivity index (χ0v) is 6.56. The minimum absolute atomic E-state index is 0. The maximum absolute atomic E-state index is 10.8. The number of hydrogen-bond acceptors (Lipinski definition) is 4. The van der Waals surface area contributed by atoms with E-state index in [2.05, 4.69) is 10.5 Å². The van der Waals surface area contributed by atoms with Crippen molar-refractivity contribution in [3.8, 4) is 0 Å². The van der Waals surface area contributed by atoms with Gasteiger partial charge in [0.1, 0.15) is 0 Å². The number of rotatable bonds is 4. The molecule has 0 heterocycles. The van der Waals surface area contributed by atoms with Gasteiger partial charge in [-0.1, -0.05) is 6.92 Å². The Bertz CT molecular complexity index is 124. The maximum atomic E-state index is 10.8. The fraction of sp³-hybridized carbons (Fsp3) is 1.00. The predicted octanol–water partition coefficient (Wildman–Crippen LogP) is -0.171. The summed E-state index contributed by atoms with van der Waals surface area (Å²) in [5.74, 6) is 4.66. The molecule has 0 aliphatic carbocycles. The van der Waals surface area contributed by atoms with Crippen molar-refractivity contribution >= 4 is 66.7 Å². The van der Waals surface area contributed by atoms with Gasteiger partial charge in [-0.25, -0.2) is 10.5 Å². The van der Waals surface area contributed by atoms with Crippen LogP contribution >= 0.6 is 7.60 Å². The molecule has 0 aromatic carbocycles. The molecule has 0 bridgehead atoms. The van der Waals surface area contributed by atoms with E-state index in [9.17, 15) is 4.57 Å². The number of nitrogens with two attached hydrogens (primary N) is 1. The molecule has 60 valence electrons. The van der Waals surface area contributed by atoms with Crippen molar-refractivity contribution in [2.24, 2.45) is 5.90 Å². The monoisotopic (exact) mass is 201 g/mol. The van der Waals surface area contributed by atoms with Gasteiger partial charge in [0.15, 0.2) is 0 Å². The molecule has 2 N–H and O–H groups in total. The summed E-state index contributed by atoms with van der Waals surface area (Å²) in [7, 11) is -2.91. The van der Waals surface area contributed by atoms with Gasteiger partial charge in [-0.3, -0.25) is 4.57 Å². The third-order valence-corrected chi connectivity index (χ3v) is 1.76. The molecule has 0 saturated heterocycles. The molecule has 7 heteroatoms. The van der Waals surface area contributed by atoms with Gasteiger partial charge in [0.2, 0.25) is 0 Å². The van der Waals surface area contributed by atoms with Gasteiger partial charge in [-0.2, -0.15) is 0 Å². The molecule has 4 nitrogen and oxygen atoms in total. The van der Waals surface area contributed by atoms with Crippen LogP contribution in [0.15, 0.2) is 0 Å². The Morgan fingerprint density at radius 3 is 2.18 bits per heavy atom. The van der Waals surface area contributed by atoms with Crippen LogP contribution in [0.4, 0.5) is 0 Å². The van der Waals surface area contributed by atoms with E-state index in [1.165, 1.54) is 6.66 Å². The van der Waals surface area contributed by atoms with Crippen LogP contribution in [0.2, 0.25) is 0 Å². The van der Waals surface area contributed by atoms with Crippen molar-refractivity contribution in [2.45, 2.75) is 13.3 Å². The van der Waals surface area contributed by atoms with E-state index in [1.807, 2.05) is 6.92 Å². The third-order valence-electron chi connectivity index (χ3n) is 0.721. The van der Waals surface area contributed by atoms with E-state index < -0.39 is 7.60 Å². The molecular formula is C4H14NNa2O3P. The molecule has 0 amide bonds. The molecule has 1 unspecified atom stereocenters. The normalized spacial score (nSPS) is 14.1. The zero-order chi connectivity index (χ0) is 7.33. The van der Waals surface area contributed by atoms with Crippen LogP contribution in [0.25, 0.3) is 0 Å². The molecule has 0 fully saturated rings. The summed E-state index contributed by atoms with van der Waals surface area (Å²) in [6, 6.07) is 0. The standard InChI is InChI=1S/C4H12NO3P.2Na.2H/c1-3-4-7-9(2,6)8-5;;;;/h3-5H2,1-2H3;;;;. The molecule has 0 aromatic heterocycles. The predicted molar refractivity (Wildman–Crippen MR) is 49.3 cm³/mol. The van der Waals surface area contributed by atoms with Crippen LogP contribution in [0.5, 0.6) is 0 Å². The molecule has 0 aliphatic heterocycles. The summed E-state index contributed by atoms with van der Waals surface area (Å²) in [4.78, 5) is 0. The Hall–Kier alpha value is 2.11. The van der Waals surface area contributed by atoms with Gasteiger partial charge in [0, 0.05) is 6.66 Å². The fourth-order valence-corrected chi connectivity index (χ4v) is 0.863. The van der Waals surface area contributed by atoms with Crippen LogP contribution in [-0.2, 0) is 13.7 Å². The zero-order valence-electron chi connectivity index (χ0n) is 5.66. The van der Waals surface area contributed by atoms with Crippen LogP contribution in [0.1, 0.15) is 13.3 Å². The second-order valence-electron chi connectivity index (χ2n) is 1.71. The first-order valence-corrected chi connectivity index (χ1v) is 4.72. The van der Waals surface area contributed by atoms with Gasteiger partial charge < -0.3 is 4.52 Å². The summed E-state index contributed by atoms with van der Waals surface area (Å²) in [5, 5.41) is 0. The minimum atomic E-state index is -2.91. The van der Waals surface area contributed by atoms with Crippen molar-refractivity contribution < 1.29 is 13.7 Å². The molecule has 1 atom stereocenters. The molecule has 11 heavy (non-hydrogen) atoms. The fourth-order valence-electron chi connectivity index (χ4n) is 0.288. The molecule has 0 spiro atoms. The first kappa shape index (κ1) is 18.8. The van der Waals surface area contributed by atoms with Crippen molar-refractivity contribution in [3.63, 3.8) is 0 Å². The first-order valence-electron chi connectivity index (χ1n) is 2.73. The third kappa shape index (κ3) is 12.1. The van der Waals surface area contributed by atoms with Gasteiger partial charge in [-0.15, -0.1) is 0 Å². The van der Waals surface area contributed by atoms with Crippen LogP contribution in [0.3, 0.4) is 0 Å². The Morgan fingerprint density at radius 1 is 1.45 bits per heavy atom. The van der Waals surface area contributed by atoms with E-state index in [-0.39, 0.29) is 59.1 Å². The Balaban J connectivity index is -0.000000320. The van der Waals surface area contributed by atoms with E-state index in [4.69, 9.17) is 4.52 Å². The molecule has 0 rings (SSSR count). The van der Waals surface area contributed by atoms with E-state index in [0.717, 1.165) is 6.42 Å². The Morgan fingerprint density at radius 2 is 1.91 bits per heavy atom. The summed E-state index contributed by atoms with van der Waals surface area (Å²) < 4.78 is 19.6. The van der Waals surface area contributed by atoms with Gasteiger partial charge >= 0.3 is 66.7 Å². The van der Waals surface area contributed by atoms with Crippen molar-refractivity contribution in [3.05, 3.63) is 0 Å². The second kappa shape index (κ2) is 10.2. The number of hydrogen-bond donors (Lipinski definition) is 1. The molecule has 0 aliphatic rings. The van der Waals surface area contributed by atoms with Crippen molar-refractivity contribution in [1.29, 1.82) is 0 Å². The van der Waals surface area contributed by atoms with Crippen molar-refractivity contribution in [2.75, 3.05) is 13.3 Å². The summed E-state index contributed by atoms with van der Waals surface area (Å²) >= 11 is 0. The van der Waals surface area contributed by atoms with Gasteiger partial charge in [0.25, 0.3) is 0 Å². The summed E-state index contributed by atoms with van der Waals surface area (Å²) in [6.07, 6.45) is 0.807. The molecular weight excluding hydrogens is 187 g/mol. The van der Waals surface area contributed by atoms with E-state index >= 15 is 0 Å².